The first-order chi connectivity index (χ1) is 4.16. The summed E-state index contributed by atoms with van der Waals surface area (Å²) >= 11 is 0. The molecular formula is C5H10N2O2. The second-order valence-electron chi connectivity index (χ2n) is 1.76. The molecule has 0 saturated carbocycles. The van der Waals surface area contributed by atoms with Crippen LogP contribution in [0.25, 0.3) is 0 Å². The molecule has 0 unspecified atom stereocenters. The van der Waals surface area contributed by atoms with Crippen LogP contribution in [0.4, 0.5) is 0 Å². The zero-order chi connectivity index (χ0) is 7.28. The number of carboxylic acid groups (broad SMARTS) is 1. The summed E-state index contributed by atoms with van der Waals surface area (Å²) < 4.78 is 0. The van der Waals surface area contributed by atoms with Gasteiger partial charge in [-0.2, -0.15) is 5.10 Å². The standard InChI is InChI=1S/C5H10N2O2/c1-4(7-6)2-3-5(8)9/h2-3,6H2,1H3,(H,8,9)/b7-4+. The van der Waals surface area contributed by atoms with Crippen LogP contribution in [0.1, 0.15) is 19.8 Å². The van der Waals surface area contributed by atoms with Gasteiger partial charge in [-0.25, -0.2) is 0 Å². The molecule has 0 fully saturated rings. The van der Waals surface area contributed by atoms with E-state index in [0.29, 0.717) is 12.1 Å². The highest BCUT2D eigenvalue weighted by molar-refractivity contribution is 5.84. The summed E-state index contributed by atoms with van der Waals surface area (Å²) in [4.78, 5) is 9.92. The number of nitrogens with two attached hydrogens (primary N) is 1. The third kappa shape index (κ3) is 4.80. The summed E-state index contributed by atoms with van der Waals surface area (Å²) in [5.74, 6) is 4.03. The van der Waals surface area contributed by atoms with Crippen LogP contribution in [0.3, 0.4) is 0 Å². The third-order valence-electron chi connectivity index (χ3n) is 0.921. The van der Waals surface area contributed by atoms with Crippen molar-refractivity contribution in [3.05, 3.63) is 0 Å². The van der Waals surface area contributed by atoms with Crippen molar-refractivity contribution in [2.75, 3.05) is 0 Å². The summed E-state index contributed by atoms with van der Waals surface area (Å²) in [6, 6.07) is 0. The van der Waals surface area contributed by atoms with Crippen LogP contribution in [0.5, 0.6) is 0 Å². The van der Waals surface area contributed by atoms with Gasteiger partial charge in [0.05, 0.1) is 6.42 Å². The largest absolute Gasteiger partial charge is 0.481 e. The van der Waals surface area contributed by atoms with Gasteiger partial charge in [0.25, 0.3) is 0 Å². The molecule has 0 heterocycles. The number of rotatable bonds is 3. The van der Waals surface area contributed by atoms with Gasteiger partial charge in [0.15, 0.2) is 0 Å². The summed E-state index contributed by atoms with van der Waals surface area (Å²) in [5, 5.41) is 11.5. The quantitative estimate of drug-likeness (QED) is 0.325. The predicted octanol–water partition coefficient (Wildman–Crippen LogP) is 0.186. The number of hydrogen-bond donors (Lipinski definition) is 2. The second kappa shape index (κ2) is 3.88. The Labute approximate surface area is 53.4 Å². The van der Waals surface area contributed by atoms with Gasteiger partial charge < -0.3 is 10.9 Å². The molecule has 0 radical (unpaired) electrons. The zero-order valence-corrected chi connectivity index (χ0v) is 5.29. The van der Waals surface area contributed by atoms with E-state index in [9.17, 15) is 4.79 Å². The number of hydrogen-bond acceptors (Lipinski definition) is 3. The Morgan fingerprint density at radius 3 is 2.56 bits per heavy atom. The monoisotopic (exact) mass is 130 g/mol. The highest BCUT2D eigenvalue weighted by atomic mass is 16.4. The van der Waals surface area contributed by atoms with Crippen LogP contribution in [0.15, 0.2) is 5.10 Å². The minimum absolute atomic E-state index is 0.104. The van der Waals surface area contributed by atoms with Gasteiger partial charge in [0, 0.05) is 5.71 Å². The van der Waals surface area contributed by atoms with E-state index in [1.807, 2.05) is 0 Å². The maximum absolute atomic E-state index is 9.92. The topological polar surface area (TPSA) is 75.7 Å². The van der Waals surface area contributed by atoms with Crippen molar-refractivity contribution in [2.45, 2.75) is 19.8 Å². The number of nitrogens with zero attached hydrogens (tertiary/aromatic N) is 1. The summed E-state index contributed by atoms with van der Waals surface area (Å²) in [6.07, 6.45) is 0.540. The maximum Gasteiger partial charge on any atom is 0.303 e. The Morgan fingerprint density at radius 1 is 1.67 bits per heavy atom. The molecule has 9 heavy (non-hydrogen) atoms. The number of carbonyl (C=O) groups is 1. The lowest BCUT2D eigenvalue weighted by Gasteiger charge is -1.91. The fourth-order valence-electron chi connectivity index (χ4n) is 0.352. The molecule has 4 nitrogen and oxygen atoms in total. The smallest absolute Gasteiger partial charge is 0.303 e. The molecule has 0 aromatic heterocycles. The minimum Gasteiger partial charge on any atom is -0.481 e. The molecule has 0 amide bonds. The molecule has 0 rings (SSSR count). The fraction of sp³-hybridized carbons (Fsp3) is 0.600. The first-order valence-electron chi connectivity index (χ1n) is 2.62. The first-order valence-corrected chi connectivity index (χ1v) is 2.62. The average Bonchev–Trinajstić information content (AvgIpc) is 1.83. The Balaban J connectivity index is 3.39. The van der Waals surface area contributed by atoms with Crippen LogP contribution in [-0.4, -0.2) is 16.8 Å². The highest BCUT2D eigenvalue weighted by Gasteiger charge is 1.96. The third-order valence-corrected chi connectivity index (χ3v) is 0.921. The fourth-order valence-corrected chi connectivity index (χ4v) is 0.352. The Bertz CT molecular complexity index is 131. The van der Waals surface area contributed by atoms with Gasteiger partial charge in [-0.15, -0.1) is 0 Å². The molecule has 52 valence electrons. The average molecular weight is 130 g/mol. The van der Waals surface area contributed by atoms with Crippen molar-refractivity contribution < 1.29 is 9.90 Å². The van der Waals surface area contributed by atoms with Gasteiger partial charge in [-0.1, -0.05) is 0 Å². The van der Waals surface area contributed by atoms with E-state index in [2.05, 4.69) is 5.10 Å². The Kier molecular flexibility index (Phi) is 3.43. The Hall–Kier alpha value is -1.06. The van der Waals surface area contributed by atoms with Crippen molar-refractivity contribution in [3.8, 4) is 0 Å². The van der Waals surface area contributed by atoms with E-state index < -0.39 is 5.97 Å². The summed E-state index contributed by atoms with van der Waals surface area (Å²) in [6.45, 7) is 1.70. The van der Waals surface area contributed by atoms with E-state index in [4.69, 9.17) is 10.9 Å². The first kappa shape index (κ1) is 7.94. The lowest BCUT2D eigenvalue weighted by molar-refractivity contribution is -0.136. The van der Waals surface area contributed by atoms with Gasteiger partial charge in [0.1, 0.15) is 0 Å². The second-order valence-corrected chi connectivity index (χ2v) is 1.76. The summed E-state index contributed by atoms with van der Waals surface area (Å²) in [7, 11) is 0. The van der Waals surface area contributed by atoms with E-state index >= 15 is 0 Å². The zero-order valence-electron chi connectivity index (χ0n) is 5.29. The maximum atomic E-state index is 9.92. The lowest BCUT2D eigenvalue weighted by atomic mass is 10.2. The van der Waals surface area contributed by atoms with E-state index in [1.54, 1.807) is 6.92 Å². The Morgan fingerprint density at radius 2 is 2.22 bits per heavy atom. The van der Waals surface area contributed by atoms with Crippen LogP contribution in [0, 0.1) is 0 Å². The predicted molar refractivity (Wildman–Crippen MR) is 34.2 cm³/mol. The lowest BCUT2D eigenvalue weighted by Crippen LogP contribution is -2.01. The molecular weight excluding hydrogens is 120 g/mol. The van der Waals surface area contributed by atoms with Crippen molar-refractivity contribution in [1.29, 1.82) is 0 Å². The molecule has 0 saturated heterocycles. The van der Waals surface area contributed by atoms with Crippen LogP contribution in [-0.2, 0) is 4.79 Å². The van der Waals surface area contributed by atoms with Crippen LogP contribution in [0.2, 0.25) is 0 Å². The van der Waals surface area contributed by atoms with Crippen molar-refractivity contribution >= 4 is 11.7 Å². The molecule has 0 aromatic carbocycles. The number of aliphatic carboxylic acids is 1. The molecule has 0 aromatic rings. The van der Waals surface area contributed by atoms with Gasteiger partial charge in [0.2, 0.25) is 0 Å². The van der Waals surface area contributed by atoms with Gasteiger partial charge in [-0.3, -0.25) is 4.79 Å². The van der Waals surface area contributed by atoms with Gasteiger partial charge in [-0.05, 0) is 13.3 Å². The van der Waals surface area contributed by atoms with E-state index in [1.165, 1.54) is 0 Å². The molecule has 0 aliphatic carbocycles. The van der Waals surface area contributed by atoms with Crippen LogP contribution < -0.4 is 5.84 Å². The molecule has 0 bridgehead atoms. The van der Waals surface area contributed by atoms with Crippen LogP contribution >= 0.6 is 0 Å². The number of hydrazone groups is 1. The highest BCUT2D eigenvalue weighted by Crippen LogP contribution is 1.90. The molecule has 0 aliphatic heterocycles. The molecule has 0 atom stereocenters. The number of carboxylic acids is 1. The van der Waals surface area contributed by atoms with E-state index in [0.717, 1.165) is 0 Å². The summed E-state index contributed by atoms with van der Waals surface area (Å²) in [5.41, 5.74) is 0.664. The minimum atomic E-state index is -0.821. The SMILES string of the molecule is C/C(CCC(=O)O)=N\N. The van der Waals surface area contributed by atoms with E-state index in [-0.39, 0.29) is 6.42 Å². The molecule has 3 N–H and O–H groups in total. The van der Waals surface area contributed by atoms with Crippen molar-refractivity contribution in [1.82, 2.24) is 0 Å². The molecule has 4 heteroatoms. The van der Waals surface area contributed by atoms with Crippen molar-refractivity contribution in [2.24, 2.45) is 10.9 Å². The molecule has 0 aliphatic rings. The molecule has 0 spiro atoms. The normalized spacial score (nSPS) is 11.4. The van der Waals surface area contributed by atoms with Gasteiger partial charge >= 0.3 is 5.97 Å². The van der Waals surface area contributed by atoms with Crippen molar-refractivity contribution in [3.63, 3.8) is 0 Å².